The average molecular weight is 291 g/mol. The molecule has 0 aliphatic rings. The molecule has 21 heavy (non-hydrogen) atoms. The van der Waals surface area contributed by atoms with Gasteiger partial charge in [-0.3, -0.25) is 20.2 Å². The van der Waals surface area contributed by atoms with E-state index >= 15 is 0 Å². The highest BCUT2D eigenvalue weighted by Gasteiger charge is 2.21. The zero-order valence-electron chi connectivity index (χ0n) is 11.1. The maximum Gasteiger partial charge on any atom is 0.282 e. The second kappa shape index (κ2) is 5.57. The fraction of sp³-hybridized carbons (Fsp3) is 0.167. The van der Waals surface area contributed by atoms with Crippen LogP contribution in [0.15, 0.2) is 18.2 Å². The summed E-state index contributed by atoms with van der Waals surface area (Å²) < 4.78 is 13.2. The molecule has 0 aliphatic heterocycles. The Morgan fingerprint density at radius 3 is 2.62 bits per heavy atom. The Morgan fingerprint density at radius 1 is 1.29 bits per heavy atom. The number of hydrogen-bond acceptors (Lipinski definition) is 6. The molecule has 0 spiro atoms. The standard InChI is InChI=1S/C12H10FN5O3/c1-6-7(2)16-17-12(14-6)15-11(19)9-5-8(13)3-4-10(9)18(20)21/h3-5H,1-2H3,(H,14,15,17,19). The Kier molecular flexibility index (Phi) is 3.83. The summed E-state index contributed by atoms with van der Waals surface area (Å²) in [6.45, 7) is 3.36. The fourth-order valence-electron chi connectivity index (χ4n) is 1.53. The number of rotatable bonds is 3. The number of carbonyl (C=O) groups excluding carboxylic acids is 1. The van der Waals surface area contributed by atoms with Crippen LogP contribution in [0.5, 0.6) is 0 Å². The van der Waals surface area contributed by atoms with Gasteiger partial charge in [0.25, 0.3) is 11.6 Å². The second-order valence-corrected chi connectivity index (χ2v) is 4.18. The van der Waals surface area contributed by atoms with Crippen molar-refractivity contribution in [3.8, 4) is 0 Å². The fourth-order valence-corrected chi connectivity index (χ4v) is 1.53. The number of aromatic nitrogens is 3. The Labute approximate surface area is 118 Å². The van der Waals surface area contributed by atoms with Gasteiger partial charge in [0.05, 0.1) is 16.3 Å². The van der Waals surface area contributed by atoms with Gasteiger partial charge in [-0.2, -0.15) is 5.10 Å². The normalized spacial score (nSPS) is 10.2. The number of amides is 1. The van der Waals surface area contributed by atoms with Gasteiger partial charge in [0.2, 0.25) is 5.95 Å². The van der Waals surface area contributed by atoms with E-state index < -0.39 is 27.9 Å². The second-order valence-electron chi connectivity index (χ2n) is 4.18. The van der Waals surface area contributed by atoms with E-state index in [2.05, 4.69) is 20.5 Å². The topological polar surface area (TPSA) is 111 Å². The minimum absolute atomic E-state index is 0.110. The van der Waals surface area contributed by atoms with Crippen LogP contribution in [0.3, 0.4) is 0 Å². The molecular weight excluding hydrogens is 281 g/mol. The van der Waals surface area contributed by atoms with Crippen molar-refractivity contribution in [2.45, 2.75) is 13.8 Å². The highest BCUT2D eigenvalue weighted by atomic mass is 19.1. The molecule has 0 bridgehead atoms. The first-order valence-electron chi connectivity index (χ1n) is 5.81. The van der Waals surface area contributed by atoms with Gasteiger partial charge in [0, 0.05) is 6.07 Å². The molecule has 0 fully saturated rings. The number of nitrogens with one attached hydrogen (secondary N) is 1. The van der Waals surface area contributed by atoms with Crippen LogP contribution in [0.25, 0.3) is 0 Å². The van der Waals surface area contributed by atoms with E-state index in [1.807, 2.05) is 0 Å². The van der Waals surface area contributed by atoms with Crippen LogP contribution in [0.1, 0.15) is 21.7 Å². The molecule has 0 saturated carbocycles. The number of carbonyl (C=O) groups is 1. The number of anilines is 1. The molecule has 1 heterocycles. The van der Waals surface area contributed by atoms with Gasteiger partial charge < -0.3 is 0 Å². The summed E-state index contributed by atoms with van der Waals surface area (Å²) in [5.74, 6) is -1.75. The maximum absolute atomic E-state index is 13.2. The van der Waals surface area contributed by atoms with E-state index in [4.69, 9.17) is 0 Å². The Morgan fingerprint density at radius 2 is 2.00 bits per heavy atom. The molecule has 2 rings (SSSR count). The molecule has 1 N–H and O–H groups in total. The average Bonchev–Trinajstić information content (AvgIpc) is 2.42. The summed E-state index contributed by atoms with van der Waals surface area (Å²) in [6.07, 6.45) is 0. The molecule has 1 amide bonds. The van der Waals surface area contributed by atoms with Crippen LogP contribution in [0, 0.1) is 29.8 Å². The molecule has 0 unspecified atom stereocenters. The van der Waals surface area contributed by atoms with Gasteiger partial charge in [0.1, 0.15) is 11.4 Å². The molecule has 2 aromatic rings. The maximum atomic E-state index is 13.2. The molecule has 1 aromatic heterocycles. The van der Waals surface area contributed by atoms with Crippen LogP contribution < -0.4 is 5.32 Å². The highest BCUT2D eigenvalue weighted by molar-refractivity contribution is 6.06. The van der Waals surface area contributed by atoms with E-state index in [1.165, 1.54) is 0 Å². The molecule has 8 nitrogen and oxygen atoms in total. The van der Waals surface area contributed by atoms with E-state index in [0.717, 1.165) is 18.2 Å². The van der Waals surface area contributed by atoms with Crippen molar-refractivity contribution in [2.75, 3.05) is 5.32 Å². The zero-order valence-corrected chi connectivity index (χ0v) is 11.1. The molecule has 0 atom stereocenters. The molecule has 9 heteroatoms. The summed E-state index contributed by atoms with van der Waals surface area (Å²) in [6, 6.07) is 2.61. The lowest BCUT2D eigenvalue weighted by Crippen LogP contribution is -2.17. The van der Waals surface area contributed by atoms with Crippen molar-refractivity contribution in [1.29, 1.82) is 0 Å². The number of hydrogen-bond donors (Lipinski definition) is 1. The first-order chi connectivity index (χ1) is 9.88. The van der Waals surface area contributed by atoms with E-state index in [-0.39, 0.29) is 5.95 Å². The van der Waals surface area contributed by atoms with Gasteiger partial charge in [-0.05, 0) is 26.0 Å². The van der Waals surface area contributed by atoms with Crippen LogP contribution >= 0.6 is 0 Å². The minimum atomic E-state index is -0.883. The smallest absolute Gasteiger partial charge is 0.282 e. The van der Waals surface area contributed by atoms with Crippen LogP contribution in [0.2, 0.25) is 0 Å². The number of nitrogens with zero attached hydrogens (tertiary/aromatic N) is 4. The van der Waals surface area contributed by atoms with Crippen molar-refractivity contribution >= 4 is 17.5 Å². The molecule has 108 valence electrons. The zero-order chi connectivity index (χ0) is 15.6. The Bertz CT molecular complexity index is 735. The third kappa shape index (κ3) is 3.14. The van der Waals surface area contributed by atoms with Crippen molar-refractivity contribution < 1.29 is 14.1 Å². The Balaban J connectivity index is 2.34. The van der Waals surface area contributed by atoms with E-state index in [0.29, 0.717) is 11.4 Å². The number of benzene rings is 1. The van der Waals surface area contributed by atoms with Gasteiger partial charge in [-0.1, -0.05) is 0 Å². The molecule has 0 radical (unpaired) electrons. The molecule has 1 aromatic carbocycles. The summed E-state index contributed by atoms with van der Waals surface area (Å²) in [4.78, 5) is 26.0. The largest absolute Gasteiger partial charge is 0.289 e. The summed E-state index contributed by atoms with van der Waals surface area (Å²) in [7, 11) is 0. The van der Waals surface area contributed by atoms with Crippen molar-refractivity contribution in [3.05, 3.63) is 51.1 Å². The predicted molar refractivity (Wildman–Crippen MR) is 70.3 cm³/mol. The monoisotopic (exact) mass is 291 g/mol. The first kappa shape index (κ1) is 14.4. The van der Waals surface area contributed by atoms with Crippen molar-refractivity contribution in [3.63, 3.8) is 0 Å². The lowest BCUT2D eigenvalue weighted by Gasteiger charge is -2.05. The lowest BCUT2D eigenvalue weighted by molar-refractivity contribution is -0.385. The minimum Gasteiger partial charge on any atom is -0.289 e. The lowest BCUT2D eigenvalue weighted by atomic mass is 10.1. The predicted octanol–water partition coefficient (Wildman–Crippen LogP) is 1.79. The van der Waals surface area contributed by atoms with Crippen LogP contribution in [0.4, 0.5) is 16.0 Å². The molecule has 0 saturated heterocycles. The number of nitro benzene ring substituents is 1. The van der Waals surface area contributed by atoms with Crippen molar-refractivity contribution in [1.82, 2.24) is 15.2 Å². The molecule has 0 aliphatic carbocycles. The number of halogens is 1. The Hall–Kier alpha value is -2.97. The third-order valence-electron chi connectivity index (χ3n) is 2.72. The summed E-state index contributed by atoms with van der Waals surface area (Å²) in [5.41, 5.74) is 0.214. The van der Waals surface area contributed by atoms with E-state index in [9.17, 15) is 19.3 Å². The third-order valence-corrected chi connectivity index (χ3v) is 2.72. The summed E-state index contributed by atoms with van der Waals surface area (Å²) in [5, 5.41) is 20.5. The van der Waals surface area contributed by atoms with Crippen LogP contribution in [-0.2, 0) is 0 Å². The van der Waals surface area contributed by atoms with Gasteiger partial charge >= 0.3 is 0 Å². The summed E-state index contributed by atoms with van der Waals surface area (Å²) >= 11 is 0. The van der Waals surface area contributed by atoms with Gasteiger partial charge in [-0.15, -0.1) is 5.10 Å². The van der Waals surface area contributed by atoms with E-state index in [1.54, 1.807) is 13.8 Å². The van der Waals surface area contributed by atoms with Gasteiger partial charge in [-0.25, -0.2) is 9.37 Å². The highest BCUT2D eigenvalue weighted by Crippen LogP contribution is 2.20. The van der Waals surface area contributed by atoms with Crippen molar-refractivity contribution in [2.24, 2.45) is 0 Å². The quantitative estimate of drug-likeness (QED) is 0.681. The number of nitro groups is 1. The SMILES string of the molecule is Cc1nnc(NC(=O)c2cc(F)ccc2[N+](=O)[O-])nc1C. The van der Waals surface area contributed by atoms with Crippen LogP contribution in [-0.4, -0.2) is 26.0 Å². The molecular formula is C12H10FN5O3. The van der Waals surface area contributed by atoms with Gasteiger partial charge in [0.15, 0.2) is 0 Å². The first-order valence-corrected chi connectivity index (χ1v) is 5.81. The number of aryl methyl sites for hydroxylation is 2.